The predicted octanol–water partition coefficient (Wildman–Crippen LogP) is 6.37. The molecule has 0 saturated heterocycles. The summed E-state index contributed by atoms with van der Waals surface area (Å²) in [5.74, 6) is 0.884. The van der Waals surface area contributed by atoms with Gasteiger partial charge in [0.2, 0.25) is 5.16 Å². The van der Waals surface area contributed by atoms with E-state index in [1.165, 1.54) is 13.2 Å². The van der Waals surface area contributed by atoms with Crippen molar-refractivity contribution in [3.8, 4) is 28.5 Å². The van der Waals surface area contributed by atoms with Crippen LogP contribution in [0.2, 0.25) is 5.02 Å². The number of halogens is 2. The second-order valence-electron chi connectivity index (χ2n) is 6.44. The topological polar surface area (TPSA) is 101 Å². The number of nitrogens with zero attached hydrogens (tertiary/aromatic N) is 2. The van der Waals surface area contributed by atoms with Crippen molar-refractivity contribution >= 4 is 51.3 Å². The Morgan fingerprint density at radius 1 is 1.22 bits per heavy atom. The number of methoxy groups -OCH3 is 1. The number of carboxylic acid groups (broad SMARTS) is 1. The van der Waals surface area contributed by atoms with E-state index < -0.39 is 5.97 Å². The molecular weight excluding hydrogens is 518 g/mol. The normalized spacial score (nSPS) is 11.5. The zero-order valence-electron chi connectivity index (χ0n) is 16.5. The maximum atomic E-state index is 11.8. The van der Waals surface area contributed by atoms with Crippen molar-refractivity contribution < 1.29 is 19.1 Å². The molecule has 162 valence electrons. The number of aliphatic carboxylic acids is 1. The van der Waals surface area contributed by atoms with E-state index in [1.807, 2.05) is 24.3 Å². The van der Waals surface area contributed by atoms with Crippen LogP contribution in [0.5, 0.6) is 5.75 Å². The number of hydrogen-bond acceptors (Lipinski definition) is 6. The Kier molecular flexibility index (Phi) is 6.69. The molecule has 10 heteroatoms. The summed E-state index contributed by atoms with van der Waals surface area (Å²) in [6.45, 7) is 0. The van der Waals surface area contributed by atoms with Gasteiger partial charge in [-0.3, -0.25) is 5.10 Å². The quantitative estimate of drug-likeness (QED) is 0.210. The average molecular weight is 533 g/mol. The minimum atomic E-state index is -1.12. The van der Waals surface area contributed by atoms with E-state index in [4.69, 9.17) is 20.8 Å². The Hall–Kier alpha value is -3.01. The first-order valence-corrected chi connectivity index (χ1v) is 11.2. The van der Waals surface area contributed by atoms with Crippen molar-refractivity contribution in [2.75, 3.05) is 7.11 Å². The first-order valence-electron chi connectivity index (χ1n) is 9.18. The molecule has 0 spiro atoms. The fourth-order valence-corrected chi connectivity index (χ4v) is 3.96. The SMILES string of the molecule is COc1ccc(Cl)cc1-c1nc(S/C(=C\c2ccc(-c3ccc(Br)cc3)o2)C(=O)O)n[nH]1. The van der Waals surface area contributed by atoms with E-state index in [0.717, 1.165) is 21.8 Å². The molecule has 4 rings (SSSR count). The monoisotopic (exact) mass is 531 g/mol. The molecular formula is C22H15BrClN3O4S. The van der Waals surface area contributed by atoms with Gasteiger partial charge in [-0.05, 0) is 54.2 Å². The largest absolute Gasteiger partial charge is 0.496 e. The highest BCUT2D eigenvalue weighted by Gasteiger charge is 2.17. The van der Waals surface area contributed by atoms with Crippen molar-refractivity contribution in [3.05, 3.63) is 74.8 Å². The van der Waals surface area contributed by atoms with Crippen LogP contribution in [0.15, 0.2) is 73.5 Å². The molecule has 0 radical (unpaired) electrons. The second kappa shape index (κ2) is 9.64. The first-order chi connectivity index (χ1) is 15.4. The number of furan rings is 1. The summed E-state index contributed by atoms with van der Waals surface area (Å²) in [6, 6.07) is 16.2. The summed E-state index contributed by atoms with van der Waals surface area (Å²) in [5.41, 5.74) is 1.50. The van der Waals surface area contributed by atoms with Gasteiger partial charge in [-0.2, -0.15) is 0 Å². The van der Waals surface area contributed by atoms with Crippen LogP contribution in [0, 0.1) is 0 Å². The summed E-state index contributed by atoms with van der Waals surface area (Å²) in [6.07, 6.45) is 1.44. The van der Waals surface area contributed by atoms with Crippen LogP contribution >= 0.6 is 39.3 Å². The van der Waals surface area contributed by atoms with E-state index in [9.17, 15) is 9.90 Å². The lowest BCUT2D eigenvalue weighted by atomic mass is 10.2. The average Bonchev–Trinajstić information content (AvgIpc) is 3.43. The van der Waals surface area contributed by atoms with Gasteiger partial charge in [-0.25, -0.2) is 9.78 Å². The van der Waals surface area contributed by atoms with Gasteiger partial charge in [0.25, 0.3) is 0 Å². The van der Waals surface area contributed by atoms with Gasteiger partial charge in [0.05, 0.1) is 12.7 Å². The maximum absolute atomic E-state index is 11.8. The second-order valence-corrected chi connectivity index (χ2v) is 8.80. The van der Waals surface area contributed by atoms with Crippen LogP contribution in [0.4, 0.5) is 0 Å². The minimum Gasteiger partial charge on any atom is -0.496 e. The zero-order chi connectivity index (χ0) is 22.7. The molecule has 0 fully saturated rings. The van der Waals surface area contributed by atoms with Gasteiger partial charge in [0.15, 0.2) is 5.82 Å². The molecule has 0 aliphatic carbocycles. The molecule has 0 bridgehead atoms. The molecule has 0 saturated carbocycles. The lowest BCUT2D eigenvalue weighted by Gasteiger charge is -2.05. The molecule has 2 N–H and O–H groups in total. The van der Waals surface area contributed by atoms with Gasteiger partial charge >= 0.3 is 5.97 Å². The first kappa shape index (κ1) is 22.2. The van der Waals surface area contributed by atoms with Crippen LogP contribution in [-0.4, -0.2) is 33.4 Å². The maximum Gasteiger partial charge on any atom is 0.342 e. The smallest absolute Gasteiger partial charge is 0.342 e. The van der Waals surface area contributed by atoms with Crippen molar-refractivity contribution in [1.29, 1.82) is 0 Å². The predicted molar refractivity (Wildman–Crippen MR) is 127 cm³/mol. The van der Waals surface area contributed by atoms with E-state index >= 15 is 0 Å². The van der Waals surface area contributed by atoms with Crippen LogP contribution in [0.3, 0.4) is 0 Å². The molecule has 2 aromatic carbocycles. The molecule has 2 aromatic heterocycles. The third-order valence-corrected chi connectivity index (χ3v) is 5.96. The Morgan fingerprint density at radius 3 is 2.72 bits per heavy atom. The third kappa shape index (κ3) is 5.07. The van der Waals surface area contributed by atoms with Gasteiger partial charge in [-0.1, -0.05) is 39.7 Å². The van der Waals surface area contributed by atoms with E-state index in [1.54, 1.807) is 30.3 Å². The number of ether oxygens (including phenoxy) is 1. The molecule has 2 heterocycles. The van der Waals surface area contributed by atoms with Crippen LogP contribution in [-0.2, 0) is 4.79 Å². The molecule has 0 amide bonds. The van der Waals surface area contributed by atoms with E-state index in [2.05, 4.69) is 31.1 Å². The van der Waals surface area contributed by atoms with Crippen molar-refractivity contribution in [2.24, 2.45) is 0 Å². The van der Waals surface area contributed by atoms with Gasteiger partial charge in [0.1, 0.15) is 22.2 Å². The summed E-state index contributed by atoms with van der Waals surface area (Å²) in [4.78, 5) is 16.2. The molecule has 0 aliphatic rings. The van der Waals surface area contributed by atoms with Crippen LogP contribution < -0.4 is 4.74 Å². The minimum absolute atomic E-state index is 0.00492. The molecule has 4 aromatic rings. The van der Waals surface area contributed by atoms with E-state index in [0.29, 0.717) is 33.7 Å². The number of carbonyl (C=O) groups is 1. The molecule has 0 aliphatic heterocycles. The van der Waals surface area contributed by atoms with Crippen molar-refractivity contribution in [3.63, 3.8) is 0 Å². The summed E-state index contributed by atoms with van der Waals surface area (Å²) in [5, 5.41) is 17.3. The molecule has 7 nitrogen and oxygen atoms in total. The Bertz CT molecular complexity index is 1300. The highest BCUT2D eigenvalue weighted by atomic mass is 79.9. The zero-order valence-corrected chi connectivity index (χ0v) is 19.7. The number of aromatic amines is 1. The Labute approximate surface area is 200 Å². The lowest BCUT2D eigenvalue weighted by Crippen LogP contribution is -1.97. The van der Waals surface area contributed by atoms with Gasteiger partial charge in [-0.15, -0.1) is 5.10 Å². The van der Waals surface area contributed by atoms with E-state index in [-0.39, 0.29) is 10.1 Å². The lowest BCUT2D eigenvalue weighted by molar-refractivity contribution is -0.131. The number of rotatable bonds is 7. The summed E-state index contributed by atoms with van der Waals surface area (Å²) >= 11 is 10.4. The number of aromatic nitrogens is 3. The number of nitrogens with one attached hydrogen (secondary N) is 1. The van der Waals surface area contributed by atoms with Crippen molar-refractivity contribution in [2.45, 2.75) is 5.16 Å². The number of carboxylic acids is 1. The summed E-state index contributed by atoms with van der Waals surface area (Å²) < 4.78 is 12.1. The number of benzene rings is 2. The molecule has 0 unspecified atom stereocenters. The number of thioether (sulfide) groups is 1. The Morgan fingerprint density at radius 2 is 2.00 bits per heavy atom. The third-order valence-electron chi connectivity index (χ3n) is 4.32. The number of hydrogen-bond donors (Lipinski definition) is 2. The number of H-pyrrole nitrogens is 1. The molecule has 0 atom stereocenters. The standard InChI is InChI=1S/C22H15BrClN3O4S/c1-30-18-8-6-14(24)10-16(18)20-25-22(27-26-20)32-19(21(28)29)11-15-7-9-17(31-15)12-2-4-13(23)5-3-12/h2-11H,1H3,(H,28,29)(H,25,26,27)/b19-11-. The highest BCUT2D eigenvalue weighted by Crippen LogP contribution is 2.33. The van der Waals surface area contributed by atoms with Gasteiger partial charge < -0.3 is 14.3 Å². The van der Waals surface area contributed by atoms with Crippen molar-refractivity contribution in [1.82, 2.24) is 15.2 Å². The fourth-order valence-electron chi connectivity index (χ4n) is 2.84. The highest BCUT2D eigenvalue weighted by molar-refractivity contribution is 9.10. The van der Waals surface area contributed by atoms with Gasteiger partial charge in [0, 0.05) is 21.1 Å². The van der Waals surface area contributed by atoms with Crippen LogP contribution in [0.25, 0.3) is 28.8 Å². The summed E-state index contributed by atoms with van der Waals surface area (Å²) in [7, 11) is 1.54. The Balaban J connectivity index is 1.58. The fraction of sp³-hybridized carbons (Fsp3) is 0.0455. The van der Waals surface area contributed by atoms with Crippen LogP contribution in [0.1, 0.15) is 5.76 Å². The molecule has 32 heavy (non-hydrogen) atoms.